The summed E-state index contributed by atoms with van der Waals surface area (Å²) in [6, 6.07) is 11.5. The van der Waals surface area contributed by atoms with E-state index in [2.05, 4.69) is 26.8 Å². The van der Waals surface area contributed by atoms with Crippen LogP contribution < -0.4 is 16.6 Å². The van der Waals surface area contributed by atoms with Crippen molar-refractivity contribution in [2.24, 2.45) is 5.84 Å². The zero-order valence-corrected chi connectivity index (χ0v) is 11.8. The van der Waals surface area contributed by atoms with Crippen molar-refractivity contribution >= 4 is 33.3 Å². The van der Waals surface area contributed by atoms with Gasteiger partial charge in [0.1, 0.15) is 10.6 Å². The largest absolute Gasteiger partial charge is 0.365 e. The van der Waals surface area contributed by atoms with E-state index < -0.39 is 0 Å². The molecule has 0 unspecified atom stereocenters. The number of benzene rings is 1. The normalized spacial score (nSPS) is 10.3. The van der Waals surface area contributed by atoms with Crippen LogP contribution in [0.2, 0.25) is 0 Å². The fourth-order valence-electron chi connectivity index (χ4n) is 1.94. The Balaban J connectivity index is 1.83. The summed E-state index contributed by atoms with van der Waals surface area (Å²) in [6.45, 7) is 0.609. The number of nitriles is 1. The summed E-state index contributed by atoms with van der Waals surface area (Å²) in [4.78, 5) is 9.50. The summed E-state index contributed by atoms with van der Waals surface area (Å²) in [6.07, 6.45) is 0. The second kappa shape index (κ2) is 5.75. The highest BCUT2D eigenvalue weighted by Crippen LogP contribution is 2.26. The number of nitrogen functional groups attached to an aromatic ring is 1. The third-order valence-corrected chi connectivity index (χ3v) is 3.80. The van der Waals surface area contributed by atoms with Crippen LogP contribution in [0.4, 0.5) is 11.8 Å². The van der Waals surface area contributed by atoms with Gasteiger partial charge in [-0.1, -0.05) is 12.1 Å². The first kappa shape index (κ1) is 13.3. The molecule has 0 aliphatic heterocycles. The lowest BCUT2D eigenvalue weighted by Gasteiger charge is -2.08. The van der Waals surface area contributed by atoms with Crippen molar-refractivity contribution in [1.29, 1.82) is 5.26 Å². The molecule has 0 amide bonds. The van der Waals surface area contributed by atoms with Crippen molar-refractivity contribution in [2.45, 2.75) is 6.54 Å². The van der Waals surface area contributed by atoms with Gasteiger partial charge in [0.2, 0.25) is 5.95 Å². The number of nitrogens with zero attached hydrogens (tertiary/aromatic N) is 3. The molecule has 0 bridgehead atoms. The molecule has 0 spiro atoms. The molecule has 0 atom stereocenters. The van der Waals surface area contributed by atoms with Gasteiger partial charge in [0.05, 0.1) is 17.0 Å². The van der Waals surface area contributed by atoms with E-state index >= 15 is 0 Å². The predicted octanol–water partition coefficient (Wildman–Crippen LogP) is 2.46. The Kier molecular flexibility index (Phi) is 3.64. The molecule has 3 rings (SSSR count). The predicted molar refractivity (Wildman–Crippen MR) is 83.7 cm³/mol. The molecule has 3 aromatic rings. The quantitative estimate of drug-likeness (QED) is 0.505. The maximum Gasteiger partial charge on any atom is 0.240 e. The second-order valence-electron chi connectivity index (χ2n) is 4.34. The van der Waals surface area contributed by atoms with Gasteiger partial charge < -0.3 is 5.32 Å². The van der Waals surface area contributed by atoms with Crippen LogP contribution in [0.15, 0.2) is 35.7 Å². The number of nitrogens with one attached hydrogen (secondary N) is 2. The van der Waals surface area contributed by atoms with E-state index in [0.717, 1.165) is 21.6 Å². The van der Waals surface area contributed by atoms with Gasteiger partial charge in [0.25, 0.3) is 0 Å². The highest BCUT2D eigenvalue weighted by molar-refractivity contribution is 7.16. The number of fused-ring (bicyclic) bond motifs is 1. The van der Waals surface area contributed by atoms with Crippen LogP contribution in [0.25, 0.3) is 10.2 Å². The molecule has 21 heavy (non-hydrogen) atoms. The summed E-state index contributed by atoms with van der Waals surface area (Å²) in [5.74, 6) is 6.51. The van der Waals surface area contributed by atoms with Gasteiger partial charge in [-0.15, -0.1) is 11.3 Å². The van der Waals surface area contributed by atoms with Gasteiger partial charge in [-0.2, -0.15) is 10.2 Å². The number of thiophene rings is 1. The topological polar surface area (TPSA) is 99.7 Å². The van der Waals surface area contributed by atoms with Crippen molar-refractivity contribution in [3.63, 3.8) is 0 Å². The highest BCUT2D eigenvalue weighted by Gasteiger charge is 2.08. The molecule has 6 nitrogen and oxygen atoms in total. The molecule has 2 heterocycles. The Labute approximate surface area is 125 Å². The lowest BCUT2D eigenvalue weighted by molar-refractivity contribution is 1.09. The van der Waals surface area contributed by atoms with E-state index in [4.69, 9.17) is 11.1 Å². The zero-order chi connectivity index (χ0) is 14.7. The standard InChI is InChI=1S/C14H12N6S/c15-7-9-1-3-10(4-2-9)8-17-12-11-5-6-21-13(11)19-14(18-12)20-16/h1-6H,8,16H2,(H2,17,18,19,20). The van der Waals surface area contributed by atoms with Crippen molar-refractivity contribution in [3.8, 4) is 6.07 Å². The summed E-state index contributed by atoms with van der Waals surface area (Å²) in [5, 5.41) is 15.0. The van der Waals surface area contributed by atoms with Crippen LogP contribution in [0.3, 0.4) is 0 Å². The number of rotatable bonds is 4. The lowest BCUT2D eigenvalue weighted by Crippen LogP contribution is -2.12. The second-order valence-corrected chi connectivity index (χ2v) is 5.24. The average molecular weight is 296 g/mol. The van der Waals surface area contributed by atoms with E-state index in [-0.39, 0.29) is 0 Å². The van der Waals surface area contributed by atoms with Crippen LogP contribution in [0.1, 0.15) is 11.1 Å². The van der Waals surface area contributed by atoms with Gasteiger partial charge in [-0.25, -0.2) is 10.8 Å². The molecule has 0 saturated heterocycles. The molecule has 0 fully saturated rings. The first-order chi connectivity index (χ1) is 10.3. The number of hydrogen-bond acceptors (Lipinski definition) is 7. The maximum absolute atomic E-state index is 8.79. The van der Waals surface area contributed by atoms with Crippen molar-refractivity contribution in [2.75, 3.05) is 10.7 Å². The number of hydrogen-bond donors (Lipinski definition) is 3. The lowest BCUT2D eigenvalue weighted by atomic mass is 10.1. The number of aromatic nitrogens is 2. The molecule has 0 aliphatic rings. The molecule has 0 radical (unpaired) electrons. The SMILES string of the molecule is N#Cc1ccc(CNc2nc(NN)nc3sccc23)cc1. The van der Waals surface area contributed by atoms with Gasteiger partial charge in [0.15, 0.2) is 0 Å². The van der Waals surface area contributed by atoms with Gasteiger partial charge in [-0.3, -0.25) is 5.43 Å². The van der Waals surface area contributed by atoms with Crippen LogP contribution in [-0.2, 0) is 6.54 Å². The minimum atomic E-state index is 0.382. The van der Waals surface area contributed by atoms with Crippen LogP contribution >= 0.6 is 11.3 Å². The Morgan fingerprint density at radius 2 is 2.00 bits per heavy atom. The maximum atomic E-state index is 8.79. The molecular weight excluding hydrogens is 284 g/mol. The highest BCUT2D eigenvalue weighted by atomic mass is 32.1. The van der Waals surface area contributed by atoms with E-state index in [1.807, 2.05) is 23.6 Å². The minimum absolute atomic E-state index is 0.382. The number of hydrazine groups is 1. The molecule has 104 valence electrons. The summed E-state index contributed by atoms with van der Waals surface area (Å²) in [7, 11) is 0. The third kappa shape index (κ3) is 2.76. The van der Waals surface area contributed by atoms with Crippen LogP contribution in [-0.4, -0.2) is 9.97 Å². The van der Waals surface area contributed by atoms with Gasteiger partial charge >= 0.3 is 0 Å². The van der Waals surface area contributed by atoms with Crippen molar-refractivity contribution < 1.29 is 0 Å². The van der Waals surface area contributed by atoms with Gasteiger partial charge in [0, 0.05) is 6.54 Å². The van der Waals surface area contributed by atoms with Crippen LogP contribution in [0.5, 0.6) is 0 Å². The molecule has 1 aromatic carbocycles. The van der Waals surface area contributed by atoms with Crippen molar-refractivity contribution in [3.05, 3.63) is 46.8 Å². The first-order valence-corrected chi connectivity index (χ1v) is 7.13. The third-order valence-electron chi connectivity index (χ3n) is 3.00. The zero-order valence-electron chi connectivity index (χ0n) is 11.0. The Hall–Kier alpha value is -2.69. The summed E-state index contributed by atoms with van der Waals surface area (Å²) >= 11 is 1.53. The van der Waals surface area contributed by atoms with E-state index in [1.165, 1.54) is 11.3 Å². The first-order valence-electron chi connectivity index (χ1n) is 6.25. The fourth-order valence-corrected chi connectivity index (χ4v) is 2.70. The Morgan fingerprint density at radius 3 is 2.71 bits per heavy atom. The molecule has 7 heteroatoms. The van der Waals surface area contributed by atoms with Gasteiger partial charge in [-0.05, 0) is 29.1 Å². The number of nitrogens with two attached hydrogens (primary N) is 1. The Morgan fingerprint density at radius 1 is 1.19 bits per heavy atom. The Bertz CT molecular complexity index is 802. The molecule has 4 N–H and O–H groups in total. The molecule has 0 aliphatic carbocycles. The van der Waals surface area contributed by atoms with Crippen molar-refractivity contribution in [1.82, 2.24) is 9.97 Å². The average Bonchev–Trinajstić information content (AvgIpc) is 3.01. The summed E-state index contributed by atoms with van der Waals surface area (Å²) < 4.78 is 0. The van der Waals surface area contributed by atoms with Crippen LogP contribution in [0, 0.1) is 11.3 Å². The van der Waals surface area contributed by atoms with E-state index in [1.54, 1.807) is 12.1 Å². The number of anilines is 2. The molecule has 2 aromatic heterocycles. The molecule has 0 saturated carbocycles. The molecular formula is C14H12N6S. The minimum Gasteiger partial charge on any atom is -0.365 e. The van der Waals surface area contributed by atoms with E-state index in [0.29, 0.717) is 18.1 Å². The smallest absolute Gasteiger partial charge is 0.240 e. The summed E-state index contributed by atoms with van der Waals surface area (Å²) in [5.41, 5.74) is 4.19. The monoisotopic (exact) mass is 296 g/mol. The fraction of sp³-hybridized carbons (Fsp3) is 0.0714. The van der Waals surface area contributed by atoms with E-state index in [9.17, 15) is 0 Å².